The highest BCUT2D eigenvalue weighted by Crippen LogP contribution is 2.42. The third-order valence-electron chi connectivity index (χ3n) is 3.00. The smallest absolute Gasteiger partial charge is 0.164 e. The van der Waals surface area contributed by atoms with Crippen molar-refractivity contribution in [2.45, 2.75) is 18.8 Å². The van der Waals surface area contributed by atoms with E-state index in [-0.39, 0.29) is 11.2 Å². The third kappa shape index (κ3) is 1.24. The summed E-state index contributed by atoms with van der Waals surface area (Å²) in [5.74, 6) is 0.813. The Kier molecular flexibility index (Phi) is 2.11. The van der Waals surface area contributed by atoms with Gasteiger partial charge in [-0.05, 0) is 12.5 Å². The summed E-state index contributed by atoms with van der Waals surface area (Å²) in [6.45, 7) is 3.30. The number of hydrogen-bond donors (Lipinski definition) is 2. The third-order valence-corrected chi connectivity index (χ3v) is 3.00. The Morgan fingerprint density at radius 1 is 1.57 bits per heavy atom. The molecule has 1 unspecified atom stereocenters. The van der Waals surface area contributed by atoms with E-state index >= 15 is 0 Å². The maximum atomic E-state index is 9.62. The summed E-state index contributed by atoms with van der Waals surface area (Å²) < 4.78 is 5.45. The molecule has 14 heavy (non-hydrogen) atoms. The van der Waals surface area contributed by atoms with Crippen LogP contribution < -0.4 is 10.5 Å². The Morgan fingerprint density at radius 2 is 2.36 bits per heavy atom. The van der Waals surface area contributed by atoms with E-state index in [0.29, 0.717) is 18.9 Å². The SMILES string of the molecule is CC1(CN)CCOc2c(O)cccc21. The number of fused-ring (bicyclic) bond motifs is 1. The first-order chi connectivity index (χ1) is 6.67. The average molecular weight is 193 g/mol. The Labute approximate surface area is 83.5 Å². The number of phenols is 1. The number of rotatable bonds is 1. The van der Waals surface area contributed by atoms with E-state index < -0.39 is 0 Å². The van der Waals surface area contributed by atoms with Crippen LogP contribution in [0.15, 0.2) is 18.2 Å². The molecule has 0 aromatic heterocycles. The number of nitrogens with two attached hydrogens (primary N) is 1. The lowest BCUT2D eigenvalue weighted by Crippen LogP contribution is -2.36. The molecule has 0 saturated heterocycles. The maximum absolute atomic E-state index is 9.62. The highest BCUT2D eigenvalue weighted by Gasteiger charge is 2.33. The number of para-hydroxylation sites is 1. The number of phenolic OH excluding ortho intramolecular Hbond substituents is 1. The molecule has 0 bridgehead atoms. The van der Waals surface area contributed by atoms with Crippen LogP contribution in [0.5, 0.6) is 11.5 Å². The molecule has 76 valence electrons. The molecule has 0 amide bonds. The van der Waals surface area contributed by atoms with Gasteiger partial charge in [-0.25, -0.2) is 0 Å². The summed E-state index contributed by atoms with van der Waals surface area (Å²) in [5, 5.41) is 9.62. The molecule has 2 rings (SSSR count). The van der Waals surface area contributed by atoms with Crippen LogP contribution in [-0.2, 0) is 5.41 Å². The van der Waals surface area contributed by atoms with Gasteiger partial charge in [0, 0.05) is 17.5 Å². The van der Waals surface area contributed by atoms with Gasteiger partial charge in [0.25, 0.3) is 0 Å². The summed E-state index contributed by atoms with van der Waals surface area (Å²) in [6, 6.07) is 5.44. The van der Waals surface area contributed by atoms with Crippen molar-refractivity contribution in [3.63, 3.8) is 0 Å². The number of hydrogen-bond acceptors (Lipinski definition) is 3. The van der Waals surface area contributed by atoms with Gasteiger partial charge in [-0.2, -0.15) is 0 Å². The molecule has 0 aliphatic carbocycles. The van der Waals surface area contributed by atoms with Crippen LogP contribution in [0.2, 0.25) is 0 Å². The van der Waals surface area contributed by atoms with Crippen molar-refractivity contribution in [1.82, 2.24) is 0 Å². The normalized spacial score (nSPS) is 25.3. The van der Waals surface area contributed by atoms with E-state index in [4.69, 9.17) is 10.5 Å². The first kappa shape index (κ1) is 9.34. The number of aromatic hydroxyl groups is 1. The molecular weight excluding hydrogens is 178 g/mol. The summed E-state index contributed by atoms with van der Waals surface area (Å²) in [6.07, 6.45) is 0.903. The maximum Gasteiger partial charge on any atom is 0.164 e. The zero-order valence-electron chi connectivity index (χ0n) is 8.29. The minimum atomic E-state index is -0.0632. The van der Waals surface area contributed by atoms with E-state index in [9.17, 15) is 5.11 Å². The van der Waals surface area contributed by atoms with Gasteiger partial charge in [-0.15, -0.1) is 0 Å². The van der Waals surface area contributed by atoms with Crippen molar-refractivity contribution in [3.8, 4) is 11.5 Å². The largest absolute Gasteiger partial charge is 0.504 e. The minimum absolute atomic E-state index is 0.0632. The van der Waals surface area contributed by atoms with Gasteiger partial charge in [-0.3, -0.25) is 0 Å². The van der Waals surface area contributed by atoms with Crippen LogP contribution in [0.3, 0.4) is 0 Å². The molecule has 0 saturated carbocycles. The van der Waals surface area contributed by atoms with Gasteiger partial charge in [-0.1, -0.05) is 19.1 Å². The van der Waals surface area contributed by atoms with Gasteiger partial charge < -0.3 is 15.6 Å². The zero-order chi connectivity index (χ0) is 10.2. The first-order valence-corrected chi connectivity index (χ1v) is 4.83. The van der Waals surface area contributed by atoms with Crippen molar-refractivity contribution in [3.05, 3.63) is 23.8 Å². The van der Waals surface area contributed by atoms with E-state index in [1.165, 1.54) is 0 Å². The van der Waals surface area contributed by atoms with E-state index in [2.05, 4.69) is 6.92 Å². The zero-order valence-corrected chi connectivity index (χ0v) is 8.29. The Balaban J connectivity index is 2.55. The standard InChI is InChI=1S/C11H15NO2/c1-11(7-12)5-6-14-10-8(11)3-2-4-9(10)13/h2-4,13H,5-7,12H2,1H3. The molecule has 0 spiro atoms. The second-order valence-corrected chi connectivity index (χ2v) is 4.02. The lowest BCUT2D eigenvalue weighted by atomic mass is 9.78. The lowest BCUT2D eigenvalue weighted by molar-refractivity contribution is 0.218. The lowest BCUT2D eigenvalue weighted by Gasteiger charge is -2.34. The second-order valence-electron chi connectivity index (χ2n) is 4.02. The number of benzene rings is 1. The van der Waals surface area contributed by atoms with Gasteiger partial charge in [0.1, 0.15) is 0 Å². The predicted molar refractivity (Wildman–Crippen MR) is 54.6 cm³/mol. The van der Waals surface area contributed by atoms with Crippen molar-refractivity contribution < 1.29 is 9.84 Å². The van der Waals surface area contributed by atoms with Crippen molar-refractivity contribution >= 4 is 0 Å². The van der Waals surface area contributed by atoms with Gasteiger partial charge in [0.05, 0.1) is 6.61 Å². The molecule has 1 aromatic rings. The molecule has 1 aliphatic heterocycles. The summed E-state index contributed by atoms with van der Waals surface area (Å²) in [5.41, 5.74) is 6.72. The average Bonchev–Trinajstić information content (AvgIpc) is 2.20. The molecule has 1 aliphatic rings. The Morgan fingerprint density at radius 3 is 3.07 bits per heavy atom. The summed E-state index contributed by atoms with van der Waals surface area (Å²) in [4.78, 5) is 0. The van der Waals surface area contributed by atoms with Crippen molar-refractivity contribution in [1.29, 1.82) is 0 Å². The summed E-state index contributed by atoms with van der Waals surface area (Å²) >= 11 is 0. The highest BCUT2D eigenvalue weighted by atomic mass is 16.5. The van der Waals surface area contributed by atoms with Crippen molar-refractivity contribution in [2.75, 3.05) is 13.2 Å². The fourth-order valence-corrected chi connectivity index (χ4v) is 1.88. The molecule has 0 fully saturated rings. The topological polar surface area (TPSA) is 55.5 Å². The predicted octanol–water partition coefficient (Wildman–Crippen LogP) is 1.39. The van der Waals surface area contributed by atoms with E-state index in [1.54, 1.807) is 6.07 Å². The molecule has 3 nitrogen and oxygen atoms in total. The minimum Gasteiger partial charge on any atom is -0.504 e. The molecule has 1 heterocycles. The van der Waals surface area contributed by atoms with E-state index in [0.717, 1.165) is 12.0 Å². The molecule has 0 radical (unpaired) electrons. The first-order valence-electron chi connectivity index (χ1n) is 4.83. The fraction of sp³-hybridized carbons (Fsp3) is 0.455. The van der Waals surface area contributed by atoms with Gasteiger partial charge in [0.2, 0.25) is 0 Å². The van der Waals surface area contributed by atoms with Gasteiger partial charge in [0.15, 0.2) is 11.5 Å². The molecule has 1 atom stereocenters. The monoisotopic (exact) mass is 193 g/mol. The van der Waals surface area contributed by atoms with Gasteiger partial charge >= 0.3 is 0 Å². The molecule has 1 aromatic carbocycles. The Bertz CT molecular complexity index is 351. The van der Waals surface area contributed by atoms with Crippen LogP contribution in [0.1, 0.15) is 18.9 Å². The Hall–Kier alpha value is -1.22. The van der Waals surface area contributed by atoms with Crippen LogP contribution in [0.4, 0.5) is 0 Å². The fourth-order valence-electron chi connectivity index (χ4n) is 1.88. The number of ether oxygens (including phenoxy) is 1. The summed E-state index contributed by atoms with van der Waals surface area (Å²) in [7, 11) is 0. The van der Waals surface area contributed by atoms with Crippen molar-refractivity contribution in [2.24, 2.45) is 5.73 Å². The van der Waals surface area contributed by atoms with Crippen LogP contribution in [-0.4, -0.2) is 18.3 Å². The quantitative estimate of drug-likeness (QED) is 0.708. The molecular formula is C11H15NO2. The van der Waals surface area contributed by atoms with Crippen LogP contribution >= 0.6 is 0 Å². The van der Waals surface area contributed by atoms with E-state index in [1.807, 2.05) is 12.1 Å². The van der Waals surface area contributed by atoms with Crippen LogP contribution in [0.25, 0.3) is 0 Å². The second kappa shape index (κ2) is 3.17. The molecule has 3 heteroatoms. The highest BCUT2D eigenvalue weighted by molar-refractivity contribution is 5.50. The molecule has 3 N–H and O–H groups in total. The van der Waals surface area contributed by atoms with Crippen LogP contribution in [0, 0.1) is 0 Å².